The number of rotatable bonds is 4. The zero-order valence-corrected chi connectivity index (χ0v) is 8.00. The molecular weight excluding hydrogens is 156 g/mol. The van der Waals surface area contributed by atoms with Gasteiger partial charge in [0.1, 0.15) is 11.7 Å². The highest BCUT2D eigenvalue weighted by molar-refractivity contribution is 5.98. The summed E-state index contributed by atoms with van der Waals surface area (Å²) in [7, 11) is 0. The van der Waals surface area contributed by atoms with E-state index in [1.54, 1.807) is 6.92 Å². The monoisotopic (exact) mass is 172 g/mol. The molecule has 0 saturated carbocycles. The van der Waals surface area contributed by atoms with Crippen molar-refractivity contribution in [1.82, 2.24) is 0 Å². The van der Waals surface area contributed by atoms with E-state index in [2.05, 4.69) is 0 Å². The summed E-state index contributed by atoms with van der Waals surface area (Å²) >= 11 is 0. The van der Waals surface area contributed by atoms with E-state index in [0.29, 0.717) is 0 Å². The average Bonchev–Trinajstić information content (AvgIpc) is 2.00. The average molecular weight is 172 g/mol. The van der Waals surface area contributed by atoms with Crippen LogP contribution in [0, 0.1) is 17.8 Å². The highest BCUT2D eigenvalue weighted by Gasteiger charge is 2.26. The number of ketones is 1. The fraction of sp³-hybridized carbons (Fsp3) is 0.778. The van der Waals surface area contributed by atoms with Crippen LogP contribution in [0.2, 0.25) is 0 Å². The third-order valence-electron chi connectivity index (χ3n) is 2.25. The van der Waals surface area contributed by atoms with E-state index in [0.717, 1.165) is 0 Å². The summed E-state index contributed by atoms with van der Waals surface area (Å²) in [4.78, 5) is 21.8. The molecule has 3 heteroatoms. The van der Waals surface area contributed by atoms with E-state index in [4.69, 9.17) is 5.11 Å². The third-order valence-corrected chi connectivity index (χ3v) is 2.25. The van der Waals surface area contributed by atoms with Gasteiger partial charge in [-0.1, -0.05) is 20.8 Å². The Kier molecular flexibility index (Phi) is 3.93. The summed E-state index contributed by atoms with van der Waals surface area (Å²) in [6, 6.07) is 0. The van der Waals surface area contributed by atoms with Crippen LogP contribution < -0.4 is 0 Å². The Labute approximate surface area is 72.8 Å². The van der Waals surface area contributed by atoms with Crippen LogP contribution in [0.5, 0.6) is 0 Å². The molecule has 70 valence electrons. The summed E-state index contributed by atoms with van der Waals surface area (Å²) in [5, 5.41) is 8.56. The van der Waals surface area contributed by atoms with E-state index in [1.807, 2.05) is 13.8 Å². The Morgan fingerprint density at radius 2 is 1.50 bits per heavy atom. The number of hydrogen-bond acceptors (Lipinski definition) is 2. The standard InChI is InChI=1S/C9H16O3/c1-5(2)6(3)8(10)7(4)9(11)12/h5-7H,1-4H3,(H,11,12)/t6-,7?/m0/s1. The fourth-order valence-corrected chi connectivity index (χ4v) is 0.845. The number of carboxylic acids is 1. The van der Waals surface area contributed by atoms with Crippen LogP contribution in [0.3, 0.4) is 0 Å². The second-order valence-electron chi connectivity index (χ2n) is 3.49. The van der Waals surface area contributed by atoms with Crippen molar-refractivity contribution in [1.29, 1.82) is 0 Å². The topological polar surface area (TPSA) is 54.4 Å². The van der Waals surface area contributed by atoms with Crippen molar-refractivity contribution in [3.8, 4) is 0 Å². The first kappa shape index (κ1) is 11.1. The molecule has 1 N–H and O–H groups in total. The van der Waals surface area contributed by atoms with E-state index in [1.165, 1.54) is 6.92 Å². The van der Waals surface area contributed by atoms with Crippen LogP contribution in [0.4, 0.5) is 0 Å². The van der Waals surface area contributed by atoms with Gasteiger partial charge in [0.2, 0.25) is 0 Å². The molecule has 0 rings (SSSR count). The van der Waals surface area contributed by atoms with Gasteiger partial charge in [0, 0.05) is 5.92 Å². The first-order valence-electron chi connectivity index (χ1n) is 4.14. The number of Topliss-reactive ketones (excluding diaryl/α,β-unsaturated/α-hetero) is 1. The van der Waals surface area contributed by atoms with Crippen molar-refractivity contribution in [2.75, 3.05) is 0 Å². The SMILES string of the molecule is CC(C(=O)O)C(=O)[C@@H](C)C(C)C. The predicted molar refractivity (Wildman–Crippen MR) is 45.8 cm³/mol. The molecule has 0 aliphatic rings. The highest BCUT2D eigenvalue weighted by atomic mass is 16.4. The Hall–Kier alpha value is -0.860. The molecule has 0 fully saturated rings. The van der Waals surface area contributed by atoms with Crippen molar-refractivity contribution in [2.24, 2.45) is 17.8 Å². The van der Waals surface area contributed by atoms with Gasteiger partial charge in [-0.3, -0.25) is 9.59 Å². The molecule has 0 spiro atoms. The largest absolute Gasteiger partial charge is 0.481 e. The Morgan fingerprint density at radius 1 is 1.08 bits per heavy atom. The number of carbonyl (C=O) groups excluding carboxylic acids is 1. The van der Waals surface area contributed by atoms with Crippen LogP contribution >= 0.6 is 0 Å². The fourth-order valence-electron chi connectivity index (χ4n) is 0.845. The van der Waals surface area contributed by atoms with Crippen LogP contribution in [-0.2, 0) is 9.59 Å². The first-order valence-corrected chi connectivity index (χ1v) is 4.14. The molecule has 0 aromatic heterocycles. The van der Waals surface area contributed by atoms with Gasteiger partial charge in [-0.25, -0.2) is 0 Å². The number of carboxylic acid groups (broad SMARTS) is 1. The van der Waals surface area contributed by atoms with Crippen molar-refractivity contribution in [3.05, 3.63) is 0 Å². The molecule has 0 aromatic carbocycles. The Morgan fingerprint density at radius 3 is 1.75 bits per heavy atom. The zero-order valence-electron chi connectivity index (χ0n) is 8.00. The quantitative estimate of drug-likeness (QED) is 0.655. The van der Waals surface area contributed by atoms with Gasteiger partial charge in [0.05, 0.1) is 0 Å². The lowest BCUT2D eigenvalue weighted by Crippen LogP contribution is -2.28. The molecule has 0 radical (unpaired) electrons. The van der Waals surface area contributed by atoms with Gasteiger partial charge in [-0.2, -0.15) is 0 Å². The Bertz CT molecular complexity index is 184. The van der Waals surface area contributed by atoms with Gasteiger partial charge in [-0.15, -0.1) is 0 Å². The number of hydrogen-bond donors (Lipinski definition) is 1. The Balaban J connectivity index is 4.29. The summed E-state index contributed by atoms with van der Waals surface area (Å²) < 4.78 is 0. The minimum atomic E-state index is -1.03. The summed E-state index contributed by atoms with van der Waals surface area (Å²) in [5.41, 5.74) is 0. The van der Waals surface area contributed by atoms with Gasteiger partial charge >= 0.3 is 5.97 Å². The lowest BCUT2D eigenvalue weighted by Gasteiger charge is -2.16. The van der Waals surface area contributed by atoms with Crippen molar-refractivity contribution in [3.63, 3.8) is 0 Å². The molecule has 0 heterocycles. The van der Waals surface area contributed by atoms with Gasteiger partial charge < -0.3 is 5.11 Å². The minimum absolute atomic E-state index is 0.170. The molecule has 3 nitrogen and oxygen atoms in total. The van der Waals surface area contributed by atoms with E-state index in [9.17, 15) is 9.59 Å². The van der Waals surface area contributed by atoms with Crippen LogP contribution in [0.15, 0.2) is 0 Å². The maximum Gasteiger partial charge on any atom is 0.313 e. The number of carbonyl (C=O) groups is 2. The first-order chi connectivity index (χ1) is 5.37. The zero-order chi connectivity index (χ0) is 9.89. The van der Waals surface area contributed by atoms with Crippen LogP contribution in [-0.4, -0.2) is 16.9 Å². The molecule has 0 aliphatic carbocycles. The smallest absolute Gasteiger partial charge is 0.313 e. The predicted octanol–water partition coefficient (Wildman–Crippen LogP) is 1.57. The van der Waals surface area contributed by atoms with E-state index < -0.39 is 11.9 Å². The van der Waals surface area contributed by atoms with Crippen LogP contribution in [0.1, 0.15) is 27.7 Å². The van der Waals surface area contributed by atoms with E-state index >= 15 is 0 Å². The van der Waals surface area contributed by atoms with Gasteiger partial charge in [-0.05, 0) is 12.8 Å². The maximum absolute atomic E-state index is 11.3. The minimum Gasteiger partial charge on any atom is -0.481 e. The third kappa shape index (κ3) is 2.64. The molecule has 2 atom stereocenters. The molecule has 0 saturated heterocycles. The molecule has 0 amide bonds. The summed E-state index contributed by atoms with van der Waals surface area (Å²) in [6.45, 7) is 7.03. The summed E-state index contributed by atoms with van der Waals surface area (Å²) in [6.07, 6.45) is 0. The van der Waals surface area contributed by atoms with Crippen molar-refractivity contribution >= 4 is 11.8 Å². The van der Waals surface area contributed by atoms with E-state index in [-0.39, 0.29) is 17.6 Å². The molecule has 0 aromatic rings. The molecule has 0 bridgehead atoms. The second-order valence-corrected chi connectivity index (χ2v) is 3.49. The highest BCUT2D eigenvalue weighted by Crippen LogP contribution is 2.15. The van der Waals surface area contributed by atoms with Crippen molar-refractivity contribution < 1.29 is 14.7 Å². The van der Waals surface area contributed by atoms with Crippen LogP contribution in [0.25, 0.3) is 0 Å². The van der Waals surface area contributed by atoms with Gasteiger partial charge in [0.25, 0.3) is 0 Å². The number of aliphatic carboxylic acids is 1. The molecule has 12 heavy (non-hydrogen) atoms. The van der Waals surface area contributed by atoms with Gasteiger partial charge in [0.15, 0.2) is 0 Å². The molecular formula is C9H16O3. The maximum atomic E-state index is 11.3. The lowest BCUT2D eigenvalue weighted by atomic mass is 9.87. The normalized spacial score (nSPS) is 15.8. The lowest BCUT2D eigenvalue weighted by molar-refractivity contribution is -0.147. The van der Waals surface area contributed by atoms with Crippen molar-refractivity contribution in [2.45, 2.75) is 27.7 Å². The second kappa shape index (κ2) is 4.24. The molecule has 0 aliphatic heterocycles. The molecule has 1 unspecified atom stereocenters. The summed E-state index contributed by atoms with van der Waals surface area (Å²) in [5.74, 6) is -2.05.